The van der Waals surface area contributed by atoms with Crippen molar-refractivity contribution >= 4 is 29.0 Å². The Morgan fingerprint density at radius 3 is 2.86 bits per heavy atom. The number of anilines is 1. The zero-order valence-corrected chi connectivity index (χ0v) is 8.34. The van der Waals surface area contributed by atoms with E-state index in [2.05, 4.69) is 0 Å². The number of rotatable bonds is 0. The highest BCUT2D eigenvalue weighted by molar-refractivity contribution is 6.36. The van der Waals surface area contributed by atoms with Crippen molar-refractivity contribution in [1.29, 1.82) is 0 Å². The highest BCUT2D eigenvalue weighted by Gasteiger charge is 2.30. The summed E-state index contributed by atoms with van der Waals surface area (Å²) in [7, 11) is 0. The van der Waals surface area contributed by atoms with Crippen molar-refractivity contribution in [2.45, 2.75) is 6.92 Å². The standard InChI is InChI=1S/C10H8ClNO2/c1-6(13)12-5-9(14)7-3-2-4-8(11)10(7)12/h2-4H,5H2,1H3. The van der Waals surface area contributed by atoms with Gasteiger partial charge in [-0.1, -0.05) is 17.7 Å². The predicted molar refractivity (Wildman–Crippen MR) is 53.8 cm³/mol. The Kier molecular flexibility index (Phi) is 2.04. The van der Waals surface area contributed by atoms with E-state index in [1.807, 2.05) is 0 Å². The van der Waals surface area contributed by atoms with Crippen LogP contribution in [0.15, 0.2) is 18.2 Å². The number of ketones is 1. The fourth-order valence-corrected chi connectivity index (χ4v) is 1.87. The first-order chi connectivity index (χ1) is 6.61. The van der Waals surface area contributed by atoms with Gasteiger partial charge < -0.3 is 4.90 Å². The van der Waals surface area contributed by atoms with Gasteiger partial charge in [0.25, 0.3) is 0 Å². The first kappa shape index (κ1) is 9.21. The van der Waals surface area contributed by atoms with Crippen LogP contribution in [-0.2, 0) is 4.79 Å². The van der Waals surface area contributed by atoms with Crippen molar-refractivity contribution in [3.8, 4) is 0 Å². The van der Waals surface area contributed by atoms with E-state index < -0.39 is 0 Å². The third-order valence-electron chi connectivity index (χ3n) is 2.24. The minimum atomic E-state index is -0.162. The summed E-state index contributed by atoms with van der Waals surface area (Å²) in [6, 6.07) is 5.07. The van der Waals surface area contributed by atoms with E-state index in [0.29, 0.717) is 16.3 Å². The van der Waals surface area contributed by atoms with E-state index in [9.17, 15) is 9.59 Å². The van der Waals surface area contributed by atoms with Gasteiger partial charge in [0.15, 0.2) is 5.78 Å². The molecule has 1 heterocycles. The lowest BCUT2D eigenvalue weighted by Crippen LogP contribution is -2.27. The molecule has 4 heteroatoms. The second-order valence-electron chi connectivity index (χ2n) is 3.16. The summed E-state index contributed by atoms with van der Waals surface area (Å²) < 4.78 is 0. The molecule has 0 saturated heterocycles. The van der Waals surface area contributed by atoms with Crippen LogP contribution in [0.5, 0.6) is 0 Å². The van der Waals surface area contributed by atoms with Crippen LogP contribution < -0.4 is 4.90 Å². The molecule has 14 heavy (non-hydrogen) atoms. The largest absolute Gasteiger partial charge is 0.303 e. The molecule has 0 bridgehead atoms. The number of hydrogen-bond acceptors (Lipinski definition) is 2. The predicted octanol–water partition coefficient (Wildman–Crippen LogP) is 1.89. The number of fused-ring (bicyclic) bond motifs is 1. The lowest BCUT2D eigenvalue weighted by molar-refractivity contribution is -0.116. The molecule has 1 amide bonds. The molecule has 0 radical (unpaired) electrons. The molecule has 2 rings (SSSR count). The van der Waals surface area contributed by atoms with E-state index >= 15 is 0 Å². The van der Waals surface area contributed by atoms with E-state index in [1.54, 1.807) is 18.2 Å². The maximum atomic E-state index is 11.5. The van der Waals surface area contributed by atoms with Crippen molar-refractivity contribution in [2.75, 3.05) is 11.4 Å². The lowest BCUT2D eigenvalue weighted by atomic mass is 10.1. The number of halogens is 1. The number of hydrogen-bond donors (Lipinski definition) is 0. The summed E-state index contributed by atoms with van der Waals surface area (Å²) in [4.78, 5) is 24.1. The summed E-state index contributed by atoms with van der Waals surface area (Å²) in [5.74, 6) is -0.220. The van der Waals surface area contributed by atoms with Gasteiger partial charge >= 0.3 is 0 Å². The van der Waals surface area contributed by atoms with Gasteiger partial charge in [-0.25, -0.2) is 0 Å². The van der Waals surface area contributed by atoms with E-state index in [0.717, 1.165) is 0 Å². The molecule has 0 atom stereocenters. The van der Waals surface area contributed by atoms with Gasteiger partial charge in [-0.2, -0.15) is 0 Å². The fraction of sp³-hybridized carbons (Fsp3) is 0.200. The zero-order chi connectivity index (χ0) is 10.3. The summed E-state index contributed by atoms with van der Waals surface area (Å²) in [6.45, 7) is 1.53. The topological polar surface area (TPSA) is 37.4 Å². The number of para-hydroxylation sites is 1. The van der Waals surface area contributed by atoms with Crippen LogP contribution in [0.1, 0.15) is 17.3 Å². The van der Waals surface area contributed by atoms with Gasteiger partial charge in [0.1, 0.15) is 0 Å². The van der Waals surface area contributed by atoms with Gasteiger partial charge in [0, 0.05) is 12.5 Å². The van der Waals surface area contributed by atoms with Crippen molar-refractivity contribution in [3.05, 3.63) is 28.8 Å². The van der Waals surface area contributed by atoms with E-state index in [4.69, 9.17) is 11.6 Å². The Labute approximate surface area is 86.3 Å². The van der Waals surface area contributed by atoms with Gasteiger partial charge in [-0.05, 0) is 12.1 Å². The summed E-state index contributed by atoms with van der Waals surface area (Å²) in [5, 5.41) is 0.448. The smallest absolute Gasteiger partial charge is 0.224 e. The average Bonchev–Trinajstić information content (AvgIpc) is 2.46. The molecule has 72 valence electrons. The third kappa shape index (κ3) is 1.21. The number of benzene rings is 1. The quantitative estimate of drug-likeness (QED) is 0.655. The molecule has 0 fully saturated rings. The molecule has 0 aliphatic carbocycles. The Hall–Kier alpha value is -1.35. The molecule has 1 aliphatic rings. The van der Waals surface area contributed by atoms with Crippen molar-refractivity contribution < 1.29 is 9.59 Å². The molecule has 1 aromatic rings. The van der Waals surface area contributed by atoms with Crippen LogP contribution >= 0.6 is 11.6 Å². The van der Waals surface area contributed by atoms with Crippen LogP contribution in [0.25, 0.3) is 0 Å². The minimum absolute atomic E-state index is 0.0577. The Bertz CT molecular complexity index is 428. The van der Waals surface area contributed by atoms with Gasteiger partial charge in [0.05, 0.1) is 17.3 Å². The molecular formula is C10H8ClNO2. The Morgan fingerprint density at radius 2 is 2.21 bits per heavy atom. The van der Waals surface area contributed by atoms with Crippen LogP contribution in [0.2, 0.25) is 5.02 Å². The number of Topliss-reactive ketones (excluding diaryl/α,β-unsaturated/α-hetero) is 1. The average molecular weight is 210 g/mol. The molecule has 0 spiro atoms. The molecule has 0 saturated carbocycles. The second-order valence-corrected chi connectivity index (χ2v) is 3.57. The minimum Gasteiger partial charge on any atom is -0.303 e. The lowest BCUT2D eigenvalue weighted by Gasteiger charge is -2.14. The van der Waals surface area contributed by atoms with Gasteiger partial charge in [0.2, 0.25) is 5.91 Å². The monoisotopic (exact) mass is 209 g/mol. The molecule has 1 aromatic carbocycles. The Morgan fingerprint density at radius 1 is 1.50 bits per heavy atom. The summed E-state index contributed by atoms with van der Waals surface area (Å²) >= 11 is 5.93. The van der Waals surface area contributed by atoms with E-state index in [1.165, 1.54) is 11.8 Å². The van der Waals surface area contributed by atoms with Gasteiger partial charge in [-0.15, -0.1) is 0 Å². The molecule has 3 nitrogen and oxygen atoms in total. The fourth-order valence-electron chi connectivity index (χ4n) is 1.59. The molecule has 0 unspecified atom stereocenters. The van der Waals surface area contributed by atoms with Crippen LogP contribution in [-0.4, -0.2) is 18.2 Å². The van der Waals surface area contributed by atoms with Crippen molar-refractivity contribution in [3.63, 3.8) is 0 Å². The van der Waals surface area contributed by atoms with Crippen molar-refractivity contribution in [1.82, 2.24) is 0 Å². The number of carbonyl (C=O) groups is 2. The van der Waals surface area contributed by atoms with Crippen LogP contribution in [0.4, 0.5) is 5.69 Å². The Balaban J connectivity index is 2.62. The SMILES string of the molecule is CC(=O)N1CC(=O)c2cccc(Cl)c21. The highest BCUT2D eigenvalue weighted by Crippen LogP contribution is 2.34. The third-order valence-corrected chi connectivity index (χ3v) is 2.54. The van der Waals surface area contributed by atoms with Crippen LogP contribution in [0.3, 0.4) is 0 Å². The molecule has 0 N–H and O–H groups in total. The summed E-state index contributed by atoms with van der Waals surface area (Å²) in [5.41, 5.74) is 1.08. The maximum Gasteiger partial charge on any atom is 0.224 e. The summed E-state index contributed by atoms with van der Waals surface area (Å²) in [6.07, 6.45) is 0. The number of nitrogens with zero attached hydrogens (tertiary/aromatic N) is 1. The van der Waals surface area contributed by atoms with Gasteiger partial charge in [-0.3, -0.25) is 9.59 Å². The normalized spacial score (nSPS) is 14.4. The van der Waals surface area contributed by atoms with Crippen LogP contribution in [0, 0.1) is 0 Å². The number of amides is 1. The molecular weight excluding hydrogens is 202 g/mol. The number of carbonyl (C=O) groups excluding carboxylic acids is 2. The first-order valence-corrected chi connectivity index (χ1v) is 4.59. The van der Waals surface area contributed by atoms with Crippen molar-refractivity contribution in [2.24, 2.45) is 0 Å². The maximum absolute atomic E-state index is 11.5. The first-order valence-electron chi connectivity index (χ1n) is 4.21. The second kappa shape index (κ2) is 3.10. The highest BCUT2D eigenvalue weighted by atomic mass is 35.5. The molecule has 1 aliphatic heterocycles. The molecule has 0 aromatic heterocycles. The van der Waals surface area contributed by atoms with E-state index in [-0.39, 0.29) is 18.2 Å². The zero-order valence-electron chi connectivity index (χ0n) is 7.58.